The first-order valence-corrected chi connectivity index (χ1v) is 4.66. The number of hydrogen-bond donors (Lipinski definition) is 0. The highest BCUT2D eigenvalue weighted by Gasteiger charge is 2.30. The lowest BCUT2D eigenvalue weighted by Gasteiger charge is -2.39. The fraction of sp³-hybridized carbons (Fsp3) is 1.00. The summed E-state index contributed by atoms with van der Waals surface area (Å²) in [5, 5.41) is 0. The quantitative estimate of drug-likeness (QED) is 0.525. The molecular formula is C9H17NO. The van der Waals surface area contributed by atoms with Gasteiger partial charge >= 0.3 is 0 Å². The molecule has 1 saturated carbocycles. The van der Waals surface area contributed by atoms with Gasteiger partial charge in [-0.2, -0.15) is 0 Å². The molecule has 64 valence electrons. The van der Waals surface area contributed by atoms with E-state index in [2.05, 4.69) is 11.9 Å². The van der Waals surface area contributed by atoms with Crippen molar-refractivity contribution >= 4 is 0 Å². The predicted octanol–water partition coefficient (Wildman–Crippen LogP) is 1.46. The van der Waals surface area contributed by atoms with Crippen molar-refractivity contribution in [2.24, 2.45) is 5.92 Å². The van der Waals surface area contributed by atoms with Crippen molar-refractivity contribution in [2.45, 2.75) is 31.8 Å². The van der Waals surface area contributed by atoms with Crippen LogP contribution in [0.25, 0.3) is 0 Å². The molecule has 2 atom stereocenters. The summed E-state index contributed by atoms with van der Waals surface area (Å²) in [7, 11) is 2.14. The molecular weight excluding hydrogens is 138 g/mol. The third-order valence-electron chi connectivity index (χ3n) is 2.89. The Bertz CT molecular complexity index is 138. The molecule has 0 bridgehead atoms. The highest BCUT2D eigenvalue weighted by atomic mass is 16.5. The van der Waals surface area contributed by atoms with Gasteiger partial charge in [-0.15, -0.1) is 0 Å². The van der Waals surface area contributed by atoms with Crippen molar-refractivity contribution in [1.82, 2.24) is 4.90 Å². The molecule has 0 spiro atoms. The minimum Gasteiger partial charge on any atom is -0.363 e. The molecule has 0 amide bonds. The monoisotopic (exact) mass is 155 g/mol. The van der Waals surface area contributed by atoms with Crippen LogP contribution in [0.1, 0.15) is 25.7 Å². The Hall–Kier alpha value is -0.0800. The van der Waals surface area contributed by atoms with Gasteiger partial charge in [-0.05, 0) is 25.8 Å². The fourth-order valence-corrected chi connectivity index (χ4v) is 2.28. The van der Waals surface area contributed by atoms with E-state index in [9.17, 15) is 0 Å². The summed E-state index contributed by atoms with van der Waals surface area (Å²) in [5.41, 5.74) is 0. The molecule has 1 aliphatic carbocycles. The average Bonchev–Trinajstić information content (AvgIpc) is 2.04. The summed E-state index contributed by atoms with van der Waals surface area (Å²) >= 11 is 0. The van der Waals surface area contributed by atoms with Gasteiger partial charge in [-0.1, -0.05) is 12.8 Å². The summed E-state index contributed by atoms with van der Waals surface area (Å²) in [6.45, 7) is 2.10. The Kier molecular flexibility index (Phi) is 2.14. The van der Waals surface area contributed by atoms with Crippen LogP contribution in [0, 0.1) is 5.92 Å². The van der Waals surface area contributed by atoms with Crippen molar-refractivity contribution in [3.63, 3.8) is 0 Å². The van der Waals surface area contributed by atoms with E-state index < -0.39 is 0 Å². The third kappa shape index (κ3) is 1.57. The number of nitrogens with zero attached hydrogens (tertiary/aromatic N) is 1. The van der Waals surface area contributed by atoms with E-state index in [0.29, 0.717) is 6.10 Å². The van der Waals surface area contributed by atoms with Gasteiger partial charge in [0.1, 0.15) is 0 Å². The van der Waals surface area contributed by atoms with Crippen LogP contribution in [0.15, 0.2) is 0 Å². The number of ether oxygens (including phenoxy) is 1. The van der Waals surface area contributed by atoms with E-state index in [1.165, 1.54) is 32.2 Å². The Morgan fingerprint density at radius 2 is 2.09 bits per heavy atom. The summed E-state index contributed by atoms with van der Waals surface area (Å²) in [5.74, 6) is 0.836. The lowest BCUT2D eigenvalue weighted by atomic mass is 9.85. The molecule has 1 heterocycles. The second-order valence-corrected chi connectivity index (χ2v) is 3.92. The average molecular weight is 155 g/mol. The minimum atomic E-state index is 0.597. The van der Waals surface area contributed by atoms with E-state index in [-0.39, 0.29) is 0 Å². The first kappa shape index (κ1) is 7.56. The smallest absolute Gasteiger partial charge is 0.0991 e. The fourth-order valence-electron chi connectivity index (χ4n) is 2.28. The molecule has 2 rings (SSSR count). The largest absolute Gasteiger partial charge is 0.363 e. The van der Waals surface area contributed by atoms with E-state index in [1.54, 1.807) is 0 Å². The van der Waals surface area contributed by atoms with Gasteiger partial charge in [0, 0.05) is 6.54 Å². The molecule has 0 unspecified atom stereocenters. The Morgan fingerprint density at radius 1 is 1.27 bits per heavy atom. The van der Waals surface area contributed by atoms with Crippen molar-refractivity contribution in [2.75, 3.05) is 20.3 Å². The van der Waals surface area contributed by atoms with Crippen LogP contribution in [0.3, 0.4) is 0 Å². The van der Waals surface area contributed by atoms with E-state index in [0.717, 1.165) is 12.6 Å². The van der Waals surface area contributed by atoms with Crippen molar-refractivity contribution in [3.8, 4) is 0 Å². The maximum atomic E-state index is 5.72. The topological polar surface area (TPSA) is 12.5 Å². The van der Waals surface area contributed by atoms with Gasteiger partial charge in [-0.3, -0.25) is 4.90 Å². The maximum absolute atomic E-state index is 5.72. The van der Waals surface area contributed by atoms with Crippen LogP contribution in [0.5, 0.6) is 0 Å². The molecule has 1 saturated heterocycles. The van der Waals surface area contributed by atoms with Crippen molar-refractivity contribution < 1.29 is 4.74 Å². The Balaban J connectivity index is 1.93. The van der Waals surface area contributed by atoms with Crippen LogP contribution >= 0.6 is 0 Å². The summed E-state index contributed by atoms with van der Waals surface area (Å²) < 4.78 is 5.72. The number of hydrogen-bond acceptors (Lipinski definition) is 2. The molecule has 1 aliphatic heterocycles. The van der Waals surface area contributed by atoms with E-state index in [1.807, 2.05) is 0 Å². The molecule has 2 heteroatoms. The second-order valence-electron chi connectivity index (χ2n) is 3.92. The van der Waals surface area contributed by atoms with Gasteiger partial charge in [0.2, 0.25) is 0 Å². The SMILES string of the molecule is CN1CO[C@@H]2CCCC[C@H]2C1. The van der Waals surface area contributed by atoms with Gasteiger partial charge in [0.25, 0.3) is 0 Å². The number of fused-ring (bicyclic) bond motifs is 1. The molecule has 0 N–H and O–H groups in total. The normalized spacial score (nSPS) is 40.1. The molecule has 2 nitrogen and oxygen atoms in total. The van der Waals surface area contributed by atoms with Crippen molar-refractivity contribution in [3.05, 3.63) is 0 Å². The van der Waals surface area contributed by atoms with Crippen molar-refractivity contribution in [1.29, 1.82) is 0 Å². The molecule has 2 aliphatic rings. The van der Waals surface area contributed by atoms with Crippen LogP contribution in [-0.2, 0) is 4.74 Å². The maximum Gasteiger partial charge on any atom is 0.0991 e. The zero-order valence-electron chi connectivity index (χ0n) is 7.25. The molecule has 0 aromatic carbocycles. The first-order valence-electron chi connectivity index (χ1n) is 4.66. The molecule has 0 aromatic heterocycles. The zero-order valence-corrected chi connectivity index (χ0v) is 7.25. The zero-order chi connectivity index (χ0) is 7.68. The summed E-state index contributed by atoms with van der Waals surface area (Å²) in [6.07, 6.45) is 6.08. The number of rotatable bonds is 0. The van der Waals surface area contributed by atoms with Gasteiger partial charge in [0.15, 0.2) is 0 Å². The molecule has 0 radical (unpaired) electrons. The first-order chi connectivity index (χ1) is 5.36. The summed E-state index contributed by atoms with van der Waals surface area (Å²) in [6, 6.07) is 0. The van der Waals surface area contributed by atoms with Gasteiger partial charge in [0.05, 0.1) is 12.8 Å². The van der Waals surface area contributed by atoms with Gasteiger partial charge in [-0.25, -0.2) is 0 Å². The highest BCUT2D eigenvalue weighted by molar-refractivity contribution is 4.80. The Morgan fingerprint density at radius 3 is 3.00 bits per heavy atom. The van der Waals surface area contributed by atoms with E-state index in [4.69, 9.17) is 4.74 Å². The Labute approximate surface area is 68.5 Å². The minimum absolute atomic E-state index is 0.597. The highest BCUT2D eigenvalue weighted by Crippen LogP contribution is 2.29. The van der Waals surface area contributed by atoms with Crippen LogP contribution < -0.4 is 0 Å². The lowest BCUT2D eigenvalue weighted by Crippen LogP contribution is -2.44. The van der Waals surface area contributed by atoms with Crippen LogP contribution in [0.4, 0.5) is 0 Å². The predicted molar refractivity (Wildman–Crippen MR) is 44.3 cm³/mol. The van der Waals surface area contributed by atoms with E-state index >= 15 is 0 Å². The molecule has 2 fully saturated rings. The van der Waals surface area contributed by atoms with Gasteiger partial charge < -0.3 is 4.74 Å². The second kappa shape index (κ2) is 3.11. The van der Waals surface area contributed by atoms with Crippen LogP contribution in [0.2, 0.25) is 0 Å². The third-order valence-corrected chi connectivity index (χ3v) is 2.89. The molecule has 0 aromatic rings. The molecule has 11 heavy (non-hydrogen) atoms. The standard InChI is InChI=1S/C9H17NO/c1-10-6-8-4-2-3-5-9(8)11-7-10/h8-9H,2-7H2,1H3/t8-,9+/m0/s1. The summed E-state index contributed by atoms with van der Waals surface area (Å²) in [4.78, 5) is 2.28. The lowest BCUT2D eigenvalue weighted by molar-refractivity contribution is -0.108. The van der Waals surface area contributed by atoms with Crippen LogP contribution in [-0.4, -0.2) is 31.3 Å².